The van der Waals surface area contributed by atoms with Crippen LogP contribution in [-0.4, -0.2) is 37.3 Å². The Kier molecular flexibility index (Phi) is 5.79. The summed E-state index contributed by atoms with van der Waals surface area (Å²) in [5.74, 6) is -0.237. The Bertz CT molecular complexity index is 982. The number of rotatable bonds is 7. The zero-order valence-corrected chi connectivity index (χ0v) is 17.1. The van der Waals surface area contributed by atoms with Crippen molar-refractivity contribution >= 4 is 15.9 Å². The molecule has 4 rings (SSSR count). The van der Waals surface area contributed by atoms with Gasteiger partial charge >= 0.3 is 0 Å². The van der Waals surface area contributed by atoms with Gasteiger partial charge in [-0.3, -0.25) is 10.0 Å². The monoisotopic (exact) mass is 432 g/mol. The molecule has 3 N–H and O–H groups in total. The van der Waals surface area contributed by atoms with Crippen molar-refractivity contribution in [1.29, 1.82) is 0 Å². The lowest BCUT2D eigenvalue weighted by molar-refractivity contribution is -0.142. The predicted octanol–water partition coefficient (Wildman–Crippen LogP) is 2.13. The van der Waals surface area contributed by atoms with Gasteiger partial charge in [0.05, 0.1) is 17.1 Å². The van der Waals surface area contributed by atoms with E-state index in [1.807, 2.05) is 30.3 Å². The van der Waals surface area contributed by atoms with Crippen molar-refractivity contribution < 1.29 is 27.9 Å². The average molecular weight is 432 g/mol. The molecule has 30 heavy (non-hydrogen) atoms. The number of carbonyl (C=O) groups is 1. The van der Waals surface area contributed by atoms with Gasteiger partial charge in [0.1, 0.15) is 17.9 Å². The van der Waals surface area contributed by atoms with Crippen molar-refractivity contribution in [2.45, 2.75) is 54.9 Å². The highest BCUT2D eigenvalue weighted by Crippen LogP contribution is 2.39. The van der Waals surface area contributed by atoms with Gasteiger partial charge in [-0.15, -0.1) is 0 Å². The zero-order valence-electron chi connectivity index (χ0n) is 16.3. The van der Waals surface area contributed by atoms with E-state index in [0.717, 1.165) is 18.4 Å². The minimum atomic E-state index is -4.01. The highest BCUT2D eigenvalue weighted by Gasteiger charge is 2.51. The molecule has 2 aromatic rings. The molecule has 2 aliphatic heterocycles. The smallest absolute Gasteiger partial charge is 0.264 e. The van der Waals surface area contributed by atoms with Crippen LogP contribution in [0.5, 0.6) is 5.75 Å². The van der Waals surface area contributed by atoms with Gasteiger partial charge < -0.3 is 9.47 Å². The summed E-state index contributed by atoms with van der Waals surface area (Å²) in [4.78, 5) is 12.4. The first kappa shape index (κ1) is 20.8. The van der Waals surface area contributed by atoms with E-state index in [2.05, 4.69) is 4.72 Å². The van der Waals surface area contributed by atoms with Crippen LogP contribution >= 0.6 is 0 Å². The highest BCUT2D eigenvalue weighted by molar-refractivity contribution is 7.89. The summed E-state index contributed by atoms with van der Waals surface area (Å²) >= 11 is 0. The summed E-state index contributed by atoms with van der Waals surface area (Å²) in [6.07, 6.45) is 1.46. The van der Waals surface area contributed by atoms with Crippen LogP contribution in [0.15, 0.2) is 59.5 Å². The van der Waals surface area contributed by atoms with Gasteiger partial charge in [-0.05, 0) is 42.7 Å². The van der Waals surface area contributed by atoms with E-state index in [1.54, 1.807) is 17.6 Å². The van der Waals surface area contributed by atoms with E-state index in [-0.39, 0.29) is 29.9 Å². The quantitative estimate of drug-likeness (QED) is 0.456. The number of benzene rings is 2. The Labute approximate surface area is 175 Å². The molecule has 2 bridgehead atoms. The Hall–Kier alpha value is -2.46. The van der Waals surface area contributed by atoms with E-state index in [9.17, 15) is 18.4 Å². The molecule has 2 aliphatic rings. The summed E-state index contributed by atoms with van der Waals surface area (Å²) in [6, 6.07) is 15.6. The average Bonchev–Trinajstić information content (AvgIpc) is 3.11. The van der Waals surface area contributed by atoms with Crippen LogP contribution in [-0.2, 0) is 26.2 Å². The van der Waals surface area contributed by atoms with Crippen molar-refractivity contribution in [3.05, 3.63) is 60.2 Å². The van der Waals surface area contributed by atoms with Crippen molar-refractivity contribution in [2.75, 3.05) is 0 Å². The molecule has 0 aromatic heterocycles. The van der Waals surface area contributed by atoms with Crippen LogP contribution in [0.1, 0.15) is 31.2 Å². The van der Waals surface area contributed by atoms with E-state index < -0.39 is 21.5 Å². The summed E-state index contributed by atoms with van der Waals surface area (Å²) in [5, 5.41) is 9.21. The van der Waals surface area contributed by atoms with Gasteiger partial charge in [-0.2, -0.15) is 4.72 Å². The van der Waals surface area contributed by atoms with Crippen LogP contribution in [0.25, 0.3) is 0 Å². The fourth-order valence-electron chi connectivity index (χ4n) is 4.14. The fourth-order valence-corrected chi connectivity index (χ4v) is 5.52. The topological polar surface area (TPSA) is 114 Å². The van der Waals surface area contributed by atoms with E-state index in [1.165, 1.54) is 12.1 Å². The van der Waals surface area contributed by atoms with Crippen molar-refractivity contribution in [3.63, 3.8) is 0 Å². The van der Waals surface area contributed by atoms with E-state index >= 15 is 0 Å². The van der Waals surface area contributed by atoms with Crippen LogP contribution in [0.3, 0.4) is 0 Å². The molecule has 9 heteroatoms. The first-order valence-electron chi connectivity index (χ1n) is 9.81. The van der Waals surface area contributed by atoms with Gasteiger partial charge in [-0.1, -0.05) is 30.3 Å². The molecule has 8 nitrogen and oxygen atoms in total. The summed E-state index contributed by atoms with van der Waals surface area (Å²) in [7, 11) is -4.01. The number of sulfonamides is 1. The van der Waals surface area contributed by atoms with Gasteiger partial charge in [0.25, 0.3) is 5.91 Å². The number of fused-ring (bicyclic) bond motifs is 2. The standard InChI is InChI=1S/C21H24N2O6S/c24-20(22-25)21(12-17-6-7-18(13-21)29-17)23-30(26,27)19-10-8-16(9-11-19)28-14-15-4-2-1-3-5-15/h1-5,8-11,17-18,23,25H,6-7,12-14H2,(H,22,24)/t17-,18+,21-. The SMILES string of the molecule is O=C(NO)[C@@]1(NS(=O)(=O)c2ccc(OCc3ccccc3)cc2)C[C@H]2CC[C@@H](C1)O2. The number of nitrogens with one attached hydrogen (secondary N) is 2. The Morgan fingerprint density at radius 2 is 1.70 bits per heavy atom. The van der Waals surface area contributed by atoms with E-state index in [0.29, 0.717) is 12.4 Å². The largest absolute Gasteiger partial charge is 0.489 e. The van der Waals surface area contributed by atoms with Crippen LogP contribution in [0, 0.1) is 0 Å². The lowest BCUT2D eigenvalue weighted by Gasteiger charge is -2.38. The molecule has 2 fully saturated rings. The third-order valence-electron chi connectivity index (χ3n) is 5.60. The molecule has 2 aromatic carbocycles. The predicted molar refractivity (Wildman–Crippen MR) is 107 cm³/mol. The van der Waals surface area contributed by atoms with Crippen molar-refractivity contribution in [2.24, 2.45) is 0 Å². The molecule has 1 amide bonds. The van der Waals surface area contributed by atoms with Gasteiger partial charge in [-0.25, -0.2) is 13.9 Å². The van der Waals surface area contributed by atoms with Gasteiger partial charge in [0, 0.05) is 12.8 Å². The second-order valence-corrected chi connectivity index (χ2v) is 9.42. The Morgan fingerprint density at radius 1 is 1.07 bits per heavy atom. The third-order valence-corrected chi connectivity index (χ3v) is 7.15. The lowest BCUT2D eigenvalue weighted by Crippen LogP contribution is -2.62. The van der Waals surface area contributed by atoms with E-state index in [4.69, 9.17) is 9.47 Å². The zero-order chi connectivity index (χ0) is 21.2. The Morgan fingerprint density at radius 3 is 2.30 bits per heavy atom. The first-order valence-corrected chi connectivity index (χ1v) is 11.3. The fraction of sp³-hybridized carbons (Fsp3) is 0.381. The first-order chi connectivity index (χ1) is 14.4. The minimum Gasteiger partial charge on any atom is -0.489 e. The molecule has 0 spiro atoms. The number of hydroxylamine groups is 1. The molecule has 0 aliphatic carbocycles. The molecule has 2 heterocycles. The van der Waals surface area contributed by atoms with Crippen LogP contribution < -0.4 is 14.9 Å². The maximum atomic E-state index is 13.0. The maximum absolute atomic E-state index is 13.0. The van der Waals surface area contributed by atoms with Crippen LogP contribution in [0.4, 0.5) is 0 Å². The number of hydrogen-bond donors (Lipinski definition) is 3. The second-order valence-electron chi connectivity index (χ2n) is 7.74. The molecule has 2 saturated heterocycles. The number of ether oxygens (including phenoxy) is 2. The van der Waals surface area contributed by atoms with Crippen LogP contribution in [0.2, 0.25) is 0 Å². The van der Waals surface area contributed by atoms with Crippen molar-refractivity contribution in [1.82, 2.24) is 10.2 Å². The third kappa shape index (κ3) is 4.34. The van der Waals surface area contributed by atoms with Gasteiger partial charge in [0.2, 0.25) is 10.0 Å². The molecular weight excluding hydrogens is 408 g/mol. The van der Waals surface area contributed by atoms with Gasteiger partial charge in [0.15, 0.2) is 0 Å². The number of hydrogen-bond acceptors (Lipinski definition) is 6. The lowest BCUT2D eigenvalue weighted by atomic mass is 9.87. The molecule has 160 valence electrons. The molecule has 0 unspecified atom stereocenters. The summed E-state index contributed by atoms with van der Waals surface area (Å²) < 4.78 is 40.0. The second kappa shape index (κ2) is 8.35. The van der Waals surface area contributed by atoms with Crippen molar-refractivity contribution in [3.8, 4) is 5.75 Å². The maximum Gasteiger partial charge on any atom is 0.264 e. The number of carbonyl (C=O) groups excluding carboxylic acids is 1. The summed E-state index contributed by atoms with van der Waals surface area (Å²) in [6.45, 7) is 0.369. The number of amides is 1. The normalized spacial score (nSPS) is 25.6. The molecule has 3 atom stereocenters. The Balaban J connectivity index is 1.49. The molecule has 0 saturated carbocycles. The highest BCUT2D eigenvalue weighted by atomic mass is 32.2. The molecule has 0 radical (unpaired) electrons. The molecular formula is C21H24N2O6S. The minimum absolute atomic E-state index is 0.0125. The summed E-state index contributed by atoms with van der Waals surface area (Å²) in [5.41, 5.74) is 1.18.